The highest BCUT2D eigenvalue weighted by atomic mass is 32.2. The van der Waals surface area contributed by atoms with E-state index in [1.807, 2.05) is 26.0 Å². The number of nitrogens with zero attached hydrogens (tertiary/aromatic N) is 2. The molecule has 0 bridgehead atoms. The molecule has 2 aromatic rings. The number of benzene rings is 1. The highest BCUT2D eigenvalue weighted by molar-refractivity contribution is 7.89. The van der Waals surface area contributed by atoms with Gasteiger partial charge >= 0.3 is 0 Å². The molecule has 0 amide bonds. The first-order valence-electron chi connectivity index (χ1n) is 10.1. The van der Waals surface area contributed by atoms with E-state index in [1.165, 1.54) is 25.7 Å². The van der Waals surface area contributed by atoms with Gasteiger partial charge < -0.3 is 9.42 Å². The molecule has 0 saturated carbocycles. The molecule has 28 heavy (non-hydrogen) atoms. The minimum Gasteiger partial charge on any atom is -0.356 e. The number of hydrogen-bond acceptors (Lipinski definition) is 5. The molecule has 0 unspecified atom stereocenters. The molecule has 1 aliphatic rings. The van der Waals surface area contributed by atoms with E-state index in [1.54, 1.807) is 12.1 Å². The molecule has 0 aliphatic carbocycles. The van der Waals surface area contributed by atoms with Gasteiger partial charge in [-0.3, -0.25) is 0 Å². The molecule has 6 nitrogen and oxygen atoms in total. The SMILES string of the molecule is Cc1cc(-c2ccc(C)c(S(=O)(=O)NCC[C@H](C)N3CCCCCC3)c2)on1. The van der Waals surface area contributed by atoms with E-state index >= 15 is 0 Å². The van der Waals surface area contributed by atoms with Gasteiger partial charge in [0.25, 0.3) is 0 Å². The predicted octanol–water partition coefficient (Wildman–Crippen LogP) is 3.89. The maximum atomic E-state index is 12.9. The second kappa shape index (κ2) is 9.20. The van der Waals surface area contributed by atoms with E-state index in [0.717, 1.165) is 25.2 Å². The number of rotatable bonds is 7. The van der Waals surface area contributed by atoms with Gasteiger partial charge in [0.15, 0.2) is 5.76 Å². The summed E-state index contributed by atoms with van der Waals surface area (Å²) in [6.07, 6.45) is 5.89. The molecule has 1 aliphatic heterocycles. The van der Waals surface area contributed by atoms with Crippen molar-refractivity contribution in [2.75, 3.05) is 19.6 Å². The fourth-order valence-electron chi connectivity index (χ4n) is 3.74. The highest BCUT2D eigenvalue weighted by Gasteiger charge is 2.20. The quantitative estimate of drug-likeness (QED) is 0.756. The summed E-state index contributed by atoms with van der Waals surface area (Å²) < 4.78 is 33.8. The van der Waals surface area contributed by atoms with Crippen molar-refractivity contribution in [2.45, 2.75) is 63.8 Å². The number of hydrogen-bond donors (Lipinski definition) is 1. The van der Waals surface area contributed by atoms with Crippen molar-refractivity contribution in [1.29, 1.82) is 0 Å². The molecule has 3 rings (SSSR count). The fraction of sp³-hybridized carbons (Fsp3) is 0.571. The Hall–Kier alpha value is -1.70. The third-order valence-corrected chi connectivity index (χ3v) is 7.11. The van der Waals surface area contributed by atoms with Gasteiger partial charge in [-0.25, -0.2) is 13.1 Å². The zero-order chi connectivity index (χ0) is 20.1. The van der Waals surface area contributed by atoms with Gasteiger partial charge in [0, 0.05) is 24.2 Å². The summed E-state index contributed by atoms with van der Waals surface area (Å²) in [6, 6.07) is 7.51. The topological polar surface area (TPSA) is 75.4 Å². The molecule has 2 heterocycles. The van der Waals surface area contributed by atoms with Gasteiger partial charge in [-0.15, -0.1) is 0 Å². The van der Waals surface area contributed by atoms with Crippen molar-refractivity contribution in [2.24, 2.45) is 0 Å². The molecule has 1 atom stereocenters. The summed E-state index contributed by atoms with van der Waals surface area (Å²) in [5, 5.41) is 3.88. The maximum Gasteiger partial charge on any atom is 0.240 e. The van der Waals surface area contributed by atoms with Crippen molar-refractivity contribution in [3.05, 3.63) is 35.5 Å². The summed E-state index contributed by atoms with van der Waals surface area (Å²) in [4.78, 5) is 2.78. The molecule has 1 aromatic carbocycles. The van der Waals surface area contributed by atoms with E-state index < -0.39 is 10.0 Å². The first-order valence-corrected chi connectivity index (χ1v) is 11.6. The third-order valence-electron chi connectivity index (χ3n) is 5.51. The minimum absolute atomic E-state index is 0.293. The Morgan fingerprint density at radius 1 is 1.14 bits per heavy atom. The molecule has 1 N–H and O–H groups in total. The summed E-state index contributed by atoms with van der Waals surface area (Å²) in [5.74, 6) is 0.573. The Balaban J connectivity index is 1.65. The maximum absolute atomic E-state index is 12.9. The summed E-state index contributed by atoms with van der Waals surface area (Å²) in [7, 11) is -3.58. The van der Waals surface area contributed by atoms with Crippen molar-refractivity contribution in [3.8, 4) is 11.3 Å². The van der Waals surface area contributed by atoms with Crippen LogP contribution in [0.2, 0.25) is 0 Å². The van der Waals surface area contributed by atoms with E-state index in [2.05, 4.69) is 21.7 Å². The van der Waals surface area contributed by atoms with E-state index in [-0.39, 0.29) is 0 Å². The lowest BCUT2D eigenvalue weighted by Gasteiger charge is -2.27. The van der Waals surface area contributed by atoms with Crippen LogP contribution in [0.25, 0.3) is 11.3 Å². The van der Waals surface area contributed by atoms with Gasteiger partial charge in [0.05, 0.1) is 10.6 Å². The Labute approximate surface area is 168 Å². The lowest BCUT2D eigenvalue weighted by Crippen LogP contribution is -2.37. The van der Waals surface area contributed by atoms with Gasteiger partial charge in [-0.1, -0.05) is 30.1 Å². The zero-order valence-corrected chi connectivity index (χ0v) is 17.9. The van der Waals surface area contributed by atoms with Crippen LogP contribution >= 0.6 is 0 Å². The predicted molar refractivity (Wildman–Crippen MR) is 111 cm³/mol. The van der Waals surface area contributed by atoms with Crippen LogP contribution in [0.3, 0.4) is 0 Å². The number of aryl methyl sites for hydroxylation is 2. The third kappa shape index (κ3) is 5.21. The van der Waals surface area contributed by atoms with Crippen molar-refractivity contribution >= 4 is 10.0 Å². The van der Waals surface area contributed by atoms with Gasteiger partial charge in [-0.05, 0) is 64.8 Å². The van der Waals surface area contributed by atoms with Crippen LogP contribution in [0.1, 0.15) is 50.3 Å². The second-order valence-corrected chi connectivity index (χ2v) is 9.53. The first kappa shape index (κ1) is 21.0. The summed E-state index contributed by atoms with van der Waals surface area (Å²) in [5.41, 5.74) is 2.19. The van der Waals surface area contributed by atoms with E-state index in [0.29, 0.717) is 34.4 Å². The second-order valence-electron chi connectivity index (χ2n) is 7.80. The molecule has 154 valence electrons. The highest BCUT2D eigenvalue weighted by Crippen LogP contribution is 2.25. The van der Waals surface area contributed by atoms with Crippen molar-refractivity contribution < 1.29 is 12.9 Å². The van der Waals surface area contributed by atoms with Crippen LogP contribution < -0.4 is 4.72 Å². The molecule has 1 saturated heterocycles. The largest absolute Gasteiger partial charge is 0.356 e. The fourth-order valence-corrected chi connectivity index (χ4v) is 5.06. The Morgan fingerprint density at radius 2 is 1.86 bits per heavy atom. The molecule has 0 radical (unpaired) electrons. The lowest BCUT2D eigenvalue weighted by atomic mass is 10.1. The van der Waals surface area contributed by atoms with Crippen molar-refractivity contribution in [3.63, 3.8) is 0 Å². The van der Waals surface area contributed by atoms with E-state index in [9.17, 15) is 8.42 Å². The van der Waals surface area contributed by atoms with Crippen LogP contribution in [0, 0.1) is 13.8 Å². The first-order chi connectivity index (χ1) is 13.4. The molecule has 1 fully saturated rings. The average Bonchev–Trinajstić information content (AvgIpc) is 2.92. The van der Waals surface area contributed by atoms with Crippen molar-refractivity contribution in [1.82, 2.24) is 14.8 Å². The molecule has 7 heteroatoms. The van der Waals surface area contributed by atoms with Crippen LogP contribution in [-0.2, 0) is 10.0 Å². The average molecular weight is 406 g/mol. The number of sulfonamides is 1. The van der Waals surface area contributed by atoms with Gasteiger partial charge in [0.2, 0.25) is 10.0 Å². The molecule has 1 aromatic heterocycles. The standard InChI is InChI=1S/C21H31N3O3S/c1-16-8-9-19(20-14-17(2)23-27-20)15-21(16)28(25,26)22-11-10-18(3)24-12-6-4-5-7-13-24/h8-9,14-15,18,22H,4-7,10-13H2,1-3H3/t18-/m0/s1. The Morgan fingerprint density at radius 3 is 2.50 bits per heavy atom. The zero-order valence-electron chi connectivity index (χ0n) is 17.1. The Kier molecular flexibility index (Phi) is 6.91. The van der Waals surface area contributed by atoms with E-state index in [4.69, 9.17) is 4.52 Å². The number of nitrogens with one attached hydrogen (secondary N) is 1. The molecule has 0 spiro atoms. The van der Waals surface area contributed by atoms with Crippen LogP contribution in [-0.4, -0.2) is 44.2 Å². The van der Waals surface area contributed by atoms with Gasteiger partial charge in [-0.2, -0.15) is 0 Å². The smallest absolute Gasteiger partial charge is 0.240 e. The van der Waals surface area contributed by atoms with Gasteiger partial charge in [0.1, 0.15) is 0 Å². The monoisotopic (exact) mass is 405 g/mol. The molecular formula is C21H31N3O3S. The Bertz CT molecular complexity index is 884. The van der Waals surface area contributed by atoms with Crippen LogP contribution in [0.5, 0.6) is 0 Å². The number of likely N-dealkylation sites (tertiary alicyclic amines) is 1. The summed E-state index contributed by atoms with van der Waals surface area (Å²) in [6.45, 7) is 8.51. The minimum atomic E-state index is -3.58. The summed E-state index contributed by atoms with van der Waals surface area (Å²) >= 11 is 0. The van der Waals surface area contributed by atoms with Crippen LogP contribution in [0.15, 0.2) is 33.7 Å². The molecular weight excluding hydrogens is 374 g/mol. The normalized spacial score (nSPS) is 17.4. The lowest BCUT2D eigenvalue weighted by molar-refractivity contribution is 0.208. The number of aromatic nitrogens is 1. The van der Waals surface area contributed by atoms with Crippen LogP contribution in [0.4, 0.5) is 0 Å².